The van der Waals surface area contributed by atoms with E-state index in [1.54, 1.807) is 17.9 Å². The Morgan fingerprint density at radius 2 is 1.94 bits per heavy atom. The van der Waals surface area contributed by atoms with Crippen LogP contribution in [0.3, 0.4) is 0 Å². The van der Waals surface area contributed by atoms with E-state index in [1.165, 1.54) is 19.3 Å². The lowest BCUT2D eigenvalue weighted by Crippen LogP contribution is -2.48. The summed E-state index contributed by atoms with van der Waals surface area (Å²) in [4.78, 5) is 29.6. The predicted molar refractivity (Wildman–Crippen MR) is 129 cm³/mol. The SMILES string of the molecule is CCc1cccc(OCC(=O)Nc2ccc3c(c2)N(CCN2CCCCC2)C(=O)C(C)O3)c1. The van der Waals surface area contributed by atoms with Crippen molar-refractivity contribution in [2.24, 2.45) is 0 Å². The Morgan fingerprint density at radius 1 is 1.12 bits per heavy atom. The van der Waals surface area contributed by atoms with Crippen LogP contribution in [0.15, 0.2) is 42.5 Å². The van der Waals surface area contributed by atoms with Gasteiger partial charge in [-0.05, 0) is 75.2 Å². The van der Waals surface area contributed by atoms with E-state index in [0.29, 0.717) is 29.4 Å². The Labute approximate surface area is 195 Å². The molecule has 1 unspecified atom stereocenters. The topological polar surface area (TPSA) is 71.1 Å². The van der Waals surface area contributed by atoms with Gasteiger partial charge < -0.3 is 24.6 Å². The number of nitrogens with one attached hydrogen (secondary N) is 1. The van der Waals surface area contributed by atoms with Gasteiger partial charge in [0.05, 0.1) is 5.69 Å². The van der Waals surface area contributed by atoms with Gasteiger partial charge in [0.25, 0.3) is 11.8 Å². The maximum absolute atomic E-state index is 12.9. The van der Waals surface area contributed by atoms with E-state index in [0.717, 1.165) is 31.6 Å². The molecule has 7 heteroatoms. The number of nitrogens with zero attached hydrogens (tertiary/aromatic N) is 2. The standard InChI is InChI=1S/C26H33N3O4/c1-3-20-8-7-9-22(16-20)32-18-25(30)27-21-10-11-24-23(17-21)29(26(31)19(2)33-24)15-14-28-12-5-4-6-13-28/h7-11,16-17,19H,3-6,12-15,18H2,1-2H3,(H,27,30). The molecule has 2 aromatic rings. The molecule has 33 heavy (non-hydrogen) atoms. The van der Waals surface area contributed by atoms with Crippen LogP contribution in [0.4, 0.5) is 11.4 Å². The minimum Gasteiger partial charge on any atom is -0.484 e. The fourth-order valence-corrected chi connectivity index (χ4v) is 4.34. The maximum atomic E-state index is 12.9. The summed E-state index contributed by atoms with van der Waals surface area (Å²) in [7, 11) is 0. The van der Waals surface area contributed by atoms with E-state index in [2.05, 4.69) is 17.1 Å². The molecule has 0 radical (unpaired) electrons. The molecule has 7 nitrogen and oxygen atoms in total. The van der Waals surface area contributed by atoms with Gasteiger partial charge in [0, 0.05) is 18.8 Å². The minimum atomic E-state index is -0.522. The first-order valence-electron chi connectivity index (χ1n) is 11.9. The number of amides is 2. The molecule has 0 aliphatic carbocycles. The van der Waals surface area contributed by atoms with Crippen LogP contribution >= 0.6 is 0 Å². The molecule has 0 aromatic heterocycles. The Bertz CT molecular complexity index is 987. The molecule has 2 aliphatic heterocycles. The molecule has 4 rings (SSSR count). The van der Waals surface area contributed by atoms with Crippen LogP contribution in [0.2, 0.25) is 0 Å². The Kier molecular flexibility index (Phi) is 7.50. The molecule has 1 atom stereocenters. The van der Waals surface area contributed by atoms with Crippen molar-refractivity contribution in [2.45, 2.75) is 45.6 Å². The first kappa shape index (κ1) is 23.1. The van der Waals surface area contributed by atoms with Crippen LogP contribution in [0.1, 0.15) is 38.7 Å². The van der Waals surface area contributed by atoms with Crippen LogP contribution in [0.25, 0.3) is 0 Å². The summed E-state index contributed by atoms with van der Waals surface area (Å²) in [5.41, 5.74) is 2.47. The second kappa shape index (κ2) is 10.7. The molecule has 0 bridgehead atoms. The summed E-state index contributed by atoms with van der Waals surface area (Å²) in [5.74, 6) is 1.02. The molecule has 2 amide bonds. The Morgan fingerprint density at radius 3 is 2.73 bits per heavy atom. The molecule has 0 spiro atoms. The fourth-order valence-electron chi connectivity index (χ4n) is 4.34. The largest absolute Gasteiger partial charge is 0.484 e. The minimum absolute atomic E-state index is 0.0536. The van der Waals surface area contributed by atoms with Crippen molar-refractivity contribution in [3.05, 3.63) is 48.0 Å². The van der Waals surface area contributed by atoms with Crippen molar-refractivity contribution < 1.29 is 19.1 Å². The van der Waals surface area contributed by atoms with Crippen LogP contribution in [0.5, 0.6) is 11.5 Å². The molecular weight excluding hydrogens is 418 g/mol. The highest BCUT2D eigenvalue weighted by Gasteiger charge is 2.32. The van der Waals surface area contributed by atoms with E-state index < -0.39 is 6.10 Å². The van der Waals surface area contributed by atoms with Gasteiger partial charge in [0.2, 0.25) is 0 Å². The van der Waals surface area contributed by atoms with Gasteiger partial charge in [0.15, 0.2) is 12.7 Å². The van der Waals surface area contributed by atoms with Crippen LogP contribution in [0, 0.1) is 0 Å². The second-order valence-electron chi connectivity index (χ2n) is 8.67. The summed E-state index contributed by atoms with van der Waals surface area (Å²) in [6.45, 7) is 7.37. The van der Waals surface area contributed by atoms with Crippen molar-refractivity contribution in [1.29, 1.82) is 0 Å². The summed E-state index contributed by atoms with van der Waals surface area (Å²) >= 11 is 0. The van der Waals surface area contributed by atoms with Gasteiger partial charge in [-0.15, -0.1) is 0 Å². The zero-order chi connectivity index (χ0) is 23.2. The molecule has 2 aliphatic rings. The number of carbonyl (C=O) groups excluding carboxylic acids is 2. The van der Waals surface area contributed by atoms with Crippen molar-refractivity contribution in [2.75, 3.05) is 43.0 Å². The molecule has 2 aromatic carbocycles. The zero-order valence-corrected chi connectivity index (χ0v) is 19.5. The third-order valence-electron chi connectivity index (χ3n) is 6.22. The number of likely N-dealkylation sites (tertiary alicyclic amines) is 1. The molecular formula is C26H33N3O4. The van der Waals surface area contributed by atoms with Crippen molar-refractivity contribution >= 4 is 23.2 Å². The van der Waals surface area contributed by atoms with Crippen LogP contribution < -0.4 is 19.7 Å². The number of piperidine rings is 1. The van der Waals surface area contributed by atoms with Gasteiger partial charge in [-0.1, -0.05) is 25.5 Å². The quantitative estimate of drug-likeness (QED) is 0.660. The molecule has 0 saturated carbocycles. The van der Waals surface area contributed by atoms with Gasteiger partial charge in [-0.2, -0.15) is 0 Å². The third-order valence-corrected chi connectivity index (χ3v) is 6.22. The fraction of sp³-hybridized carbons (Fsp3) is 0.462. The third kappa shape index (κ3) is 5.85. The molecule has 2 heterocycles. The molecule has 1 fully saturated rings. The number of anilines is 2. The van der Waals surface area contributed by atoms with Gasteiger partial charge in [0.1, 0.15) is 11.5 Å². The van der Waals surface area contributed by atoms with E-state index in [1.807, 2.05) is 36.4 Å². The lowest BCUT2D eigenvalue weighted by Gasteiger charge is -2.35. The lowest BCUT2D eigenvalue weighted by molar-refractivity contribution is -0.125. The van der Waals surface area contributed by atoms with E-state index in [-0.39, 0.29) is 18.4 Å². The summed E-state index contributed by atoms with van der Waals surface area (Å²) in [6.07, 6.45) is 4.10. The normalized spacial score (nSPS) is 18.4. The van der Waals surface area contributed by atoms with Crippen molar-refractivity contribution in [3.8, 4) is 11.5 Å². The first-order valence-corrected chi connectivity index (χ1v) is 11.9. The predicted octanol–water partition coefficient (Wildman–Crippen LogP) is 3.87. The number of carbonyl (C=O) groups is 2. The number of aryl methyl sites for hydroxylation is 1. The first-order chi connectivity index (χ1) is 16.0. The van der Waals surface area contributed by atoms with Crippen molar-refractivity contribution in [1.82, 2.24) is 4.90 Å². The molecule has 176 valence electrons. The number of ether oxygens (including phenoxy) is 2. The van der Waals surface area contributed by atoms with Gasteiger partial charge >= 0.3 is 0 Å². The van der Waals surface area contributed by atoms with Gasteiger partial charge in [-0.25, -0.2) is 0 Å². The monoisotopic (exact) mass is 451 g/mol. The van der Waals surface area contributed by atoms with E-state index >= 15 is 0 Å². The van der Waals surface area contributed by atoms with Crippen LogP contribution in [-0.4, -0.2) is 55.6 Å². The molecule has 1 saturated heterocycles. The Balaban J connectivity index is 1.41. The highest BCUT2D eigenvalue weighted by Crippen LogP contribution is 2.36. The zero-order valence-electron chi connectivity index (χ0n) is 19.5. The highest BCUT2D eigenvalue weighted by molar-refractivity contribution is 6.01. The van der Waals surface area contributed by atoms with Gasteiger partial charge in [-0.3, -0.25) is 9.59 Å². The number of hydrogen-bond donors (Lipinski definition) is 1. The summed E-state index contributed by atoms with van der Waals surface area (Å²) < 4.78 is 11.5. The number of hydrogen-bond acceptors (Lipinski definition) is 5. The van der Waals surface area contributed by atoms with E-state index in [4.69, 9.17) is 9.47 Å². The molecule has 1 N–H and O–H groups in total. The average Bonchev–Trinajstić information content (AvgIpc) is 2.84. The number of fused-ring (bicyclic) bond motifs is 1. The number of benzene rings is 2. The smallest absolute Gasteiger partial charge is 0.267 e. The van der Waals surface area contributed by atoms with E-state index in [9.17, 15) is 9.59 Å². The van der Waals surface area contributed by atoms with Crippen molar-refractivity contribution in [3.63, 3.8) is 0 Å². The maximum Gasteiger partial charge on any atom is 0.267 e. The Hall–Kier alpha value is -3.06. The summed E-state index contributed by atoms with van der Waals surface area (Å²) in [5, 5.41) is 2.88. The highest BCUT2D eigenvalue weighted by atomic mass is 16.5. The summed E-state index contributed by atoms with van der Waals surface area (Å²) in [6, 6.07) is 13.2. The lowest BCUT2D eigenvalue weighted by atomic mass is 10.1. The van der Waals surface area contributed by atoms with Crippen LogP contribution in [-0.2, 0) is 16.0 Å². The number of rotatable bonds is 8. The second-order valence-corrected chi connectivity index (χ2v) is 8.67. The average molecular weight is 452 g/mol.